The molecule has 5 heteroatoms. The first-order chi connectivity index (χ1) is 10.1. The summed E-state index contributed by atoms with van der Waals surface area (Å²) in [6, 6.07) is 5.46. The van der Waals surface area contributed by atoms with Gasteiger partial charge in [0, 0.05) is 32.4 Å². The number of hydrogen-bond acceptors (Lipinski definition) is 4. The predicted octanol–water partition coefficient (Wildman–Crippen LogP) is 1.88. The fourth-order valence-electron chi connectivity index (χ4n) is 2.82. The van der Waals surface area contributed by atoms with Crippen LogP contribution in [0.3, 0.4) is 0 Å². The summed E-state index contributed by atoms with van der Waals surface area (Å²) in [6.07, 6.45) is 1.23. The first kappa shape index (κ1) is 15.6. The van der Waals surface area contributed by atoms with Crippen LogP contribution in [-0.2, 0) is 4.74 Å². The van der Waals surface area contributed by atoms with Crippen LogP contribution in [0.5, 0.6) is 0 Å². The number of benzene rings is 1. The molecule has 1 aliphatic rings. The van der Waals surface area contributed by atoms with Crippen LogP contribution in [-0.4, -0.2) is 38.8 Å². The summed E-state index contributed by atoms with van der Waals surface area (Å²) in [7, 11) is 1.74. The van der Waals surface area contributed by atoms with Crippen molar-refractivity contribution in [3.05, 3.63) is 23.8 Å². The van der Waals surface area contributed by atoms with E-state index >= 15 is 0 Å². The lowest BCUT2D eigenvalue weighted by Crippen LogP contribution is -2.44. The molecule has 1 aromatic carbocycles. The second-order valence-corrected chi connectivity index (χ2v) is 5.62. The SMILES string of the molecule is CCNC(=O)c1ccc(N)cc1N1CCC(C)C(OC)C1. The number of amides is 1. The average molecular weight is 291 g/mol. The summed E-state index contributed by atoms with van der Waals surface area (Å²) >= 11 is 0. The third-order valence-corrected chi connectivity index (χ3v) is 4.14. The van der Waals surface area contributed by atoms with Crippen molar-refractivity contribution in [2.75, 3.05) is 37.4 Å². The van der Waals surface area contributed by atoms with Crippen molar-refractivity contribution < 1.29 is 9.53 Å². The van der Waals surface area contributed by atoms with Crippen LogP contribution in [0.1, 0.15) is 30.6 Å². The molecule has 5 nitrogen and oxygen atoms in total. The lowest BCUT2D eigenvalue weighted by atomic mass is 9.94. The Bertz CT molecular complexity index is 504. The highest BCUT2D eigenvalue weighted by molar-refractivity contribution is 6.00. The summed E-state index contributed by atoms with van der Waals surface area (Å²) in [5.74, 6) is 0.473. The molecule has 0 spiro atoms. The van der Waals surface area contributed by atoms with Gasteiger partial charge in [0.25, 0.3) is 5.91 Å². The van der Waals surface area contributed by atoms with Gasteiger partial charge in [-0.05, 0) is 37.5 Å². The predicted molar refractivity (Wildman–Crippen MR) is 85.7 cm³/mol. The summed E-state index contributed by atoms with van der Waals surface area (Å²) in [5.41, 5.74) is 8.16. The Labute approximate surface area is 126 Å². The monoisotopic (exact) mass is 291 g/mol. The van der Waals surface area contributed by atoms with Gasteiger partial charge in [0.1, 0.15) is 0 Å². The maximum Gasteiger partial charge on any atom is 0.253 e. The number of nitrogens with two attached hydrogens (primary N) is 1. The van der Waals surface area contributed by atoms with Crippen LogP contribution in [0.15, 0.2) is 18.2 Å². The number of piperidine rings is 1. The minimum Gasteiger partial charge on any atom is -0.399 e. The van der Waals surface area contributed by atoms with E-state index in [0.29, 0.717) is 23.7 Å². The molecule has 1 heterocycles. The van der Waals surface area contributed by atoms with E-state index in [0.717, 1.165) is 25.2 Å². The van der Waals surface area contributed by atoms with Crippen molar-refractivity contribution in [3.8, 4) is 0 Å². The molecular formula is C16H25N3O2. The summed E-state index contributed by atoms with van der Waals surface area (Å²) < 4.78 is 5.56. The number of rotatable bonds is 4. The van der Waals surface area contributed by atoms with Gasteiger partial charge in [0.05, 0.1) is 17.4 Å². The zero-order valence-corrected chi connectivity index (χ0v) is 13.1. The Hall–Kier alpha value is -1.75. The second kappa shape index (κ2) is 6.80. The zero-order chi connectivity index (χ0) is 15.4. The highest BCUT2D eigenvalue weighted by Crippen LogP contribution is 2.29. The molecule has 1 fully saturated rings. The molecule has 2 atom stereocenters. The lowest BCUT2D eigenvalue weighted by molar-refractivity contribution is 0.0497. The fourth-order valence-corrected chi connectivity index (χ4v) is 2.82. The van der Waals surface area contributed by atoms with Gasteiger partial charge in [-0.1, -0.05) is 6.92 Å². The number of nitrogens with zero attached hydrogens (tertiary/aromatic N) is 1. The quantitative estimate of drug-likeness (QED) is 0.831. The largest absolute Gasteiger partial charge is 0.399 e. The van der Waals surface area contributed by atoms with Crippen molar-refractivity contribution in [3.63, 3.8) is 0 Å². The maximum atomic E-state index is 12.2. The zero-order valence-electron chi connectivity index (χ0n) is 13.1. The smallest absolute Gasteiger partial charge is 0.253 e. The van der Waals surface area contributed by atoms with Crippen molar-refractivity contribution in [2.45, 2.75) is 26.4 Å². The van der Waals surface area contributed by atoms with Crippen LogP contribution in [0.4, 0.5) is 11.4 Å². The Morgan fingerprint density at radius 3 is 2.95 bits per heavy atom. The van der Waals surface area contributed by atoms with Crippen molar-refractivity contribution in [1.29, 1.82) is 0 Å². The van der Waals surface area contributed by atoms with E-state index in [4.69, 9.17) is 10.5 Å². The van der Waals surface area contributed by atoms with Gasteiger partial charge in [-0.2, -0.15) is 0 Å². The van der Waals surface area contributed by atoms with Crippen LogP contribution >= 0.6 is 0 Å². The van der Waals surface area contributed by atoms with Gasteiger partial charge >= 0.3 is 0 Å². The number of carbonyl (C=O) groups excluding carboxylic acids is 1. The standard InChI is InChI=1S/C16H25N3O2/c1-4-18-16(20)13-6-5-12(17)9-14(13)19-8-7-11(2)15(10-19)21-3/h5-6,9,11,15H,4,7-8,10,17H2,1-3H3,(H,18,20). The summed E-state index contributed by atoms with van der Waals surface area (Å²) in [6.45, 7) is 6.43. The number of nitrogen functional groups attached to an aromatic ring is 1. The van der Waals surface area contributed by atoms with E-state index in [9.17, 15) is 4.79 Å². The summed E-state index contributed by atoms with van der Waals surface area (Å²) in [4.78, 5) is 14.4. The minimum atomic E-state index is -0.0555. The molecule has 1 aromatic rings. The first-order valence-corrected chi connectivity index (χ1v) is 7.52. The number of nitrogens with one attached hydrogen (secondary N) is 1. The van der Waals surface area contributed by atoms with Crippen molar-refractivity contribution in [2.24, 2.45) is 5.92 Å². The fraction of sp³-hybridized carbons (Fsp3) is 0.562. The third kappa shape index (κ3) is 3.47. The van der Waals surface area contributed by atoms with Gasteiger partial charge in [0.15, 0.2) is 0 Å². The topological polar surface area (TPSA) is 67.6 Å². The van der Waals surface area contributed by atoms with Gasteiger partial charge < -0.3 is 20.7 Å². The molecule has 1 aliphatic heterocycles. The molecule has 0 aliphatic carbocycles. The number of carbonyl (C=O) groups is 1. The molecular weight excluding hydrogens is 266 g/mol. The van der Waals surface area contributed by atoms with E-state index in [-0.39, 0.29) is 12.0 Å². The molecule has 21 heavy (non-hydrogen) atoms. The normalized spacial score (nSPS) is 22.1. The molecule has 2 unspecified atom stereocenters. The van der Waals surface area contributed by atoms with Crippen molar-refractivity contribution in [1.82, 2.24) is 5.32 Å². The van der Waals surface area contributed by atoms with E-state index in [1.807, 2.05) is 13.0 Å². The Morgan fingerprint density at radius 2 is 2.29 bits per heavy atom. The summed E-state index contributed by atoms with van der Waals surface area (Å²) in [5, 5.41) is 2.86. The van der Waals surface area contributed by atoms with E-state index in [1.165, 1.54) is 0 Å². The molecule has 1 amide bonds. The Kier molecular flexibility index (Phi) is 5.07. The molecule has 0 aromatic heterocycles. The molecule has 1 saturated heterocycles. The molecule has 116 valence electrons. The van der Waals surface area contributed by atoms with E-state index in [1.54, 1.807) is 19.2 Å². The Balaban J connectivity index is 2.29. The van der Waals surface area contributed by atoms with Crippen molar-refractivity contribution >= 4 is 17.3 Å². The van der Waals surface area contributed by atoms with Gasteiger partial charge in [0.2, 0.25) is 0 Å². The number of anilines is 2. The van der Waals surface area contributed by atoms with Gasteiger partial charge in [-0.15, -0.1) is 0 Å². The molecule has 2 rings (SSSR count). The molecule has 0 saturated carbocycles. The van der Waals surface area contributed by atoms with Gasteiger partial charge in [-0.3, -0.25) is 4.79 Å². The third-order valence-electron chi connectivity index (χ3n) is 4.14. The minimum absolute atomic E-state index is 0.0555. The molecule has 0 bridgehead atoms. The molecule has 0 radical (unpaired) electrons. The number of ether oxygens (including phenoxy) is 1. The highest BCUT2D eigenvalue weighted by Gasteiger charge is 2.28. The Morgan fingerprint density at radius 1 is 1.52 bits per heavy atom. The highest BCUT2D eigenvalue weighted by atomic mass is 16.5. The van der Waals surface area contributed by atoms with Crippen LogP contribution in [0.25, 0.3) is 0 Å². The van der Waals surface area contributed by atoms with E-state index in [2.05, 4.69) is 17.1 Å². The van der Waals surface area contributed by atoms with E-state index < -0.39 is 0 Å². The molecule has 3 N–H and O–H groups in total. The average Bonchev–Trinajstić information content (AvgIpc) is 2.48. The number of hydrogen-bond donors (Lipinski definition) is 2. The lowest BCUT2D eigenvalue weighted by Gasteiger charge is -2.38. The van der Waals surface area contributed by atoms with Gasteiger partial charge in [-0.25, -0.2) is 0 Å². The maximum absolute atomic E-state index is 12.2. The van der Waals surface area contributed by atoms with Crippen LogP contribution < -0.4 is 16.0 Å². The second-order valence-electron chi connectivity index (χ2n) is 5.62. The van der Waals surface area contributed by atoms with Crippen LogP contribution in [0.2, 0.25) is 0 Å². The first-order valence-electron chi connectivity index (χ1n) is 7.52. The van der Waals surface area contributed by atoms with Crippen LogP contribution in [0, 0.1) is 5.92 Å². The number of methoxy groups -OCH3 is 1.